The highest BCUT2D eigenvalue weighted by Crippen LogP contribution is 2.20. The van der Waals surface area contributed by atoms with E-state index in [9.17, 15) is 4.79 Å². The lowest BCUT2D eigenvalue weighted by atomic mass is 9.98. The van der Waals surface area contributed by atoms with Crippen LogP contribution in [0.1, 0.15) is 50.7 Å². The molecule has 1 N–H and O–H groups in total. The number of benzene rings is 1. The molecule has 2 heteroatoms. The van der Waals surface area contributed by atoms with E-state index in [-0.39, 0.29) is 11.8 Å². The highest BCUT2D eigenvalue weighted by atomic mass is 16.1. The van der Waals surface area contributed by atoms with Crippen molar-refractivity contribution in [1.82, 2.24) is 0 Å². The number of unbranched alkanes of at least 4 members (excludes halogenated alkanes) is 1. The van der Waals surface area contributed by atoms with Crippen LogP contribution in [0.2, 0.25) is 0 Å². The van der Waals surface area contributed by atoms with Gasteiger partial charge in [0.2, 0.25) is 5.91 Å². The van der Waals surface area contributed by atoms with Gasteiger partial charge in [-0.1, -0.05) is 38.8 Å². The van der Waals surface area contributed by atoms with E-state index in [0.29, 0.717) is 0 Å². The first-order chi connectivity index (χ1) is 8.58. The highest BCUT2D eigenvalue weighted by molar-refractivity contribution is 5.93. The van der Waals surface area contributed by atoms with Crippen molar-refractivity contribution >= 4 is 11.6 Å². The molecule has 0 saturated carbocycles. The standard InChI is InChI=1S/C16H25NO/c1-5-7-8-14(6-2)16(18)17-15-11-12(3)9-10-13(15)4/h9-11,14H,5-8H2,1-4H3,(H,17,18)/t14-/m0/s1. The van der Waals surface area contributed by atoms with E-state index < -0.39 is 0 Å². The van der Waals surface area contributed by atoms with Crippen molar-refractivity contribution in [3.8, 4) is 0 Å². The first-order valence-corrected chi connectivity index (χ1v) is 6.96. The van der Waals surface area contributed by atoms with Gasteiger partial charge < -0.3 is 5.32 Å². The zero-order valence-corrected chi connectivity index (χ0v) is 12.0. The lowest BCUT2D eigenvalue weighted by molar-refractivity contribution is -0.120. The Morgan fingerprint density at radius 2 is 2.00 bits per heavy atom. The fraction of sp³-hybridized carbons (Fsp3) is 0.562. The maximum atomic E-state index is 12.2. The summed E-state index contributed by atoms with van der Waals surface area (Å²) in [5.41, 5.74) is 3.26. The number of carbonyl (C=O) groups excluding carboxylic acids is 1. The molecule has 0 unspecified atom stereocenters. The van der Waals surface area contributed by atoms with Gasteiger partial charge >= 0.3 is 0 Å². The maximum absolute atomic E-state index is 12.2. The summed E-state index contributed by atoms with van der Waals surface area (Å²) in [4.78, 5) is 12.2. The van der Waals surface area contributed by atoms with Gasteiger partial charge in [-0.05, 0) is 43.9 Å². The van der Waals surface area contributed by atoms with Crippen molar-refractivity contribution in [2.45, 2.75) is 53.4 Å². The SMILES string of the molecule is CCCC[C@H](CC)C(=O)Nc1cc(C)ccc1C. The van der Waals surface area contributed by atoms with Gasteiger partial charge in [0.15, 0.2) is 0 Å². The number of rotatable bonds is 6. The van der Waals surface area contributed by atoms with Gasteiger partial charge in [0.1, 0.15) is 0 Å². The molecule has 0 aliphatic heterocycles. The summed E-state index contributed by atoms with van der Waals surface area (Å²) < 4.78 is 0. The van der Waals surface area contributed by atoms with Crippen LogP contribution in [-0.4, -0.2) is 5.91 Å². The van der Waals surface area contributed by atoms with E-state index in [1.54, 1.807) is 0 Å². The molecule has 1 amide bonds. The molecule has 1 aromatic rings. The smallest absolute Gasteiger partial charge is 0.227 e. The molecule has 0 aromatic heterocycles. The second kappa shape index (κ2) is 7.20. The summed E-state index contributed by atoms with van der Waals surface area (Å²) in [6.45, 7) is 8.32. The molecule has 0 aliphatic rings. The Kier molecular flexibility index (Phi) is 5.90. The number of nitrogens with one attached hydrogen (secondary N) is 1. The van der Waals surface area contributed by atoms with Gasteiger partial charge in [0, 0.05) is 11.6 Å². The summed E-state index contributed by atoms with van der Waals surface area (Å²) in [7, 11) is 0. The Balaban J connectivity index is 2.70. The third-order valence-electron chi connectivity index (χ3n) is 3.42. The minimum atomic E-state index is 0.143. The zero-order chi connectivity index (χ0) is 13.5. The summed E-state index contributed by atoms with van der Waals surface area (Å²) in [5.74, 6) is 0.310. The number of aryl methyl sites for hydroxylation is 2. The lowest BCUT2D eigenvalue weighted by Crippen LogP contribution is -2.22. The topological polar surface area (TPSA) is 29.1 Å². The molecule has 0 bridgehead atoms. The van der Waals surface area contributed by atoms with Crippen molar-refractivity contribution in [3.05, 3.63) is 29.3 Å². The van der Waals surface area contributed by atoms with Crippen molar-refractivity contribution < 1.29 is 4.79 Å². The monoisotopic (exact) mass is 247 g/mol. The minimum absolute atomic E-state index is 0.143. The highest BCUT2D eigenvalue weighted by Gasteiger charge is 2.16. The molecule has 0 fully saturated rings. The Bertz CT molecular complexity index is 398. The summed E-state index contributed by atoms with van der Waals surface area (Å²) in [6, 6.07) is 6.16. The molecular weight excluding hydrogens is 222 g/mol. The number of hydrogen-bond donors (Lipinski definition) is 1. The fourth-order valence-corrected chi connectivity index (χ4v) is 2.08. The van der Waals surface area contributed by atoms with E-state index >= 15 is 0 Å². The van der Waals surface area contributed by atoms with E-state index in [2.05, 4.69) is 31.3 Å². The Hall–Kier alpha value is -1.31. The quantitative estimate of drug-likeness (QED) is 0.790. The normalized spacial score (nSPS) is 12.2. The minimum Gasteiger partial charge on any atom is -0.326 e. The van der Waals surface area contributed by atoms with Crippen LogP contribution in [-0.2, 0) is 4.79 Å². The van der Waals surface area contributed by atoms with Crippen LogP contribution >= 0.6 is 0 Å². The van der Waals surface area contributed by atoms with Gasteiger partial charge in [0.05, 0.1) is 0 Å². The predicted molar refractivity (Wildman–Crippen MR) is 77.9 cm³/mol. The maximum Gasteiger partial charge on any atom is 0.227 e. The Labute approximate surface area is 111 Å². The van der Waals surface area contributed by atoms with Crippen LogP contribution in [0.5, 0.6) is 0 Å². The molecule has 0 aliphatic carbocycles. The van der Waals surface area contributed by atoms with Crippen molar-refractivity contribution in [2.75, 3.05) is 5.32 Å². The summed E-state index contributed by atoms with van der Waals surface area (Å²) in [6.07, 6.45) is 4.17. The first kappa shape index (κ1) is 14.7. The molecule has 2 nitrogen and oxygen atoms in total. The number of carbonyl (C=O) groups is 1. The molecule has 0 radical (unpaired) electrons. The van der Waals surface area contributed by atoms with Crippen molar-refractivity contribution in [1.29, 1.82) is 0 Å². The second-order valence-electron chi connectivity index (χ2n) is 5.06. The number of anilines is 1. The third kappa shape index (κ3) is 4.17. The average molecular weight is 247 g/mol. The van der Waals surface area contributed by atoms with Crippen molar-refractivity contribution in [3.63, 3.8) is 0 Å². The molecule has 1 aromatic carbocycles. The van der Waals surface area contributed by atoms with Gasteiger partial charge in [-0.3, -0.25) is 4.79 Å². The molecule has 18 heavy (non-hydrogen) atoms. The second-order valence-corrected chi connectivity index (χ2v) is 5.06. The largest absolute Gasteiger partial charge is 0.326 e. The Morgan fingerprint density at radius 3 is 2.61 bits per heavy atom. The predicted octanol–water partition coefficient (Wildman–Crippen LogP) is 4.46. The van der Waals surface area contributed by atoms with Crippen LogP contribution in [0.25, 0.3) is 0 Å². The summed E-state index contributed by atoms with van der Waals surface area (Å²) in [5, 5.41) is 3.07. The molecule has 0 heterocycles. The third-order valence-corrected chi connectivity index (χ3v) is 3.42. The zero-order valence-electron chi connectivity index (χ0n) is 12.0. The summed E-state index contributed by atoms with van der Waals surface area (Å²) >= 11 is 0. The average Bonchev–Trinajstić information content (AvgIpc) is 2.35. The van der Waals surface area contributed by atoms with Crippen LogP contribution in [0, 0.1) is 19.8 Å². The van der Waals surface area contributed by atoms with Crippen LogP contribution in [0.4, 0.5) is 5.69 Å². The van der Waals surface area contributed by atoms with E-state index in [4.69, 9.17) is 0 Å². The van der Waals surface area contributed by atoms with E-state index in [1.165, 1.54) is 5.56 Å². The fourth-order valence-electron chi connectivity index (χ4n) is 2.08. The van der Waals surface area contributed by atoms with Gasteiger partial charge in [-0.15, -0.1) is 0 Å². The molecule has 1 rings (SSSR count). The van der Waals surface area contributed by atoms with E-state index in [1.807, 2.05) is 19.9 Å². The molecule has 0 saturated heterocycles. The Morgan fingerprint density at radius 1 is 1.28 bits per heavy atom. The van der Waals surface area contributed by atoms with Crippen LogP contribution in [0.3, 0.4) is 0 Å². The molecule has 0 spiro atoms. The van der Waals surface area contributed by atoms with E-state index in [0.717, 1.165) is 36.9 Å². The number of hydrogen-bond acceptors (Lipinski definition) is 1. The number of amides is 1. The van der Waals surface area contributed by atoms with Crippen LogP contribution < -0.4 is 5.32 Å². The van der Waals surface area contributed by atoms with Gasteiger partial charge in [-0.2, -0.15) is 0 Å². The van der Waals surface area contributed by atoms with Crippen LogP contribution in [0.15, 0.2) is 18.2 Å². The van der Waals surface area contributed by atoms with Crippen molar-refractivity contribution in [2.24, 2.45) is 5.92 Å². The van der Waals surface area contributed by atoms with Gasteiger partial charge in [-0.25, -0.2) is 0 Å². The lowest BCUT2D eigenvalue weighted by Gasteiger charge is -2.16. The molecule has 100 valence electrons. The molecular formula is C16H25NO. The van der Waals surface area contributed by atoms with Gasteiger partial charge in [0.25, 0.3) is 0 Å². The molecule has 1 atom stereocenters. The first-order valence-electron chi connectivity index (χ1n) is 6.96.